The molecule has 0 aromatic carbocycles. The summed E-state index contributed by atoms with van der Waals surface area (Å²) in [6.45, 7) is 4.34. The van der Waals surface area contributed by atoms with Gasteiger partial charge in [0.2, 0.25) is 5.91 Å². The highest BCUT2D eigenvalue weighted by Crippen LogP contribution is 2.44. The van der Waals surface area contributed by atoms with Crippen molar-refractivity contribution in [2.45, 2.75) is 38.6 Å². The number of carbonyl (C=O) groups is 1. The van der Waals surface area contributed by atoms with Gasteiger partial charge in [-0.15, -0.1) is 12.4 Å². The fourth-order valence-corrected chi connectivity index (χ4v) is 3.34. The Morgan fingerprint density at radius 3 is 2.38 bits per heavy atom. The maximum absolute atomic E-state index is 12.1. The maximum atomic E-state index is 12.1. The van der Waals surface area contributed by atoms with E-state index in [9.17, 15) is 4.79 Å². The fraction of sp³-hybridized carbons (Fsp3) is 0.917. The minimum Gasteiger partial charge on any atom is -0.352 e. The number of amides is 1. The molecule has 1 aliphatic heterocycles. The van der Waals surface area contributed by atoms with E-state index < -0.39 is 0 Å². The van der Waals surface area contributed by atoms with Crippen molar-refractivity contribution in [3.63, 3.8) is 0 Å². The first-order valence-corrected chi connectivity index (χ1v) is 6.22. The highest BCUT2D eigenvalue weighted by Gasteiger charge is 2.54. The van der Waals surface area contributed by atoms with Crippen LogP contribution in [-0.4, -0.2) is 25.0 Å². The standard InChI is InChI=1S/C12H20N2O.ClH/c1-12(4-2-3-5-12)11(15)14-10-8-6-13-7-9(8)10;/h8-10,13H,2-7H2,1H3,(H,14,15);1H. The summed E-state index contributed by atoms with van der Waals surface area (Å²) in [6, 6.07) is 0.496. The molecule has 2 saturated carbocycles. The molecule has 0 radical (unpaired) electrons. The van der Waals surface area contributed by atoms with E-state index in [1.54, 1.807) is 0 Å². The molecule has 1 saturated heterocycles. The summed E-state index contributed by atoms with van der Waals surface area (Å²) >= 11 is 0. The van der Waals surface area contributed by atoms with Crippen molar-refractivity contribution in [1.29, 1.82) is 0 Å². The van der Waals surface area contributed by atoms with E-state index in [1.165, 1.54) is 12.8 Å². The summed E-state index contributed by atoms with van der Waals surface area (Å²) in [4.78, 5) is 12.1. The van der Waals surface area contributed by atoms with Gasteiger partial charge in [-0.3, -0.25) is 4.79 Å². The lowest BCUT2D eigenvalue weighted by atomic mass is 9.88. The Labute approximate surface area is 103 Å². The van der Waals surface area contributed by atoms with Gasteiger partial charge < -0.3 is 10.6 Å². The van der Waals surface area contributed by atoms with Crippen molar-refractivity contribution in [2.75, 3.05) is 13.1 Å². The average molecular weight is 245 g/mol. The highest BCUT2D eigenvalue weighted by molar-refractivity contribution is 5.85. The summed E-state index contributed by atoms with van der Waals surface area (Å²) in [5.41, 5.74) is -0.0513. The summed E-state index contributed by atoms with van der Waals surface area (Å²) in [7, 11) is 0. The molecule has 2 unspecified atom stereocenters. The fourth-order valence-electron chi connectivity index (χ4n) is 3.34. The van der Waals surface area contributed by atoms with E-state index in [1.807, 2.05) is 0 Å². The number of fused-ring (bicyclic) bond motifs is 1. The number of hydrogen-bond donors (Lipinski definition) is 2. The van der Waals surface area contributed by atoms with Crippen molar-refractivity contribution >= 4 is 18.3 Å². The lowest BCUT2D eigenvalue weighted by Gasteiger charge is -2.23. The number of hydrogen-bond acceptors (Lipinski definition) is 2. The molecule has 92 valence electrons. The van der Waals surface area contributed by atoms with E-state index >= 15 is 0 Å². The minimum absolute atomic E-state index is 0. The molecule has 1 amide bonds. The largest absolute Gasteiger partial charge is 0.352 e. The van der Waals surface area contributed by atoms with Gasteiger partial charge in [0.25, 0.3) is 0 Å². The van der Waals surface area contributed by atoms with Gasteiger partial charge in [0, 0.05) is 24.5 Å². The first kappa shape index (κ1) is 12.2. The van der Waals surface area contributed by atoms with Gasteiger partial charge in [0.15, 0.2) is 0 Å². The van der Waals surface area contributed by atoms with Crippen LogP contribution in [0.15, 0.2) is 0 Å². The number of piperidine rings is 1. The van der Waals surface area contributed by atoms with Crippen LogP contribution >= 0.6 is 12.4 Å². The van der Waals surface area contributed by atoms with Crippen molar-refractivity contribution in [3.05, 3.63) is 0 Å². The van der Waals surface area contributed by atoms with E-state index in [0.717, 1.165) is 37.8 Å². The van der Waals surface area contributed by atoms with E-state index in [-0.39, 0.29) is 17.8 Å². The van der Waals surface area contributed by atoms with Crippen LogP contribution in [0.5, 0.6) is 0 Å². The number of rotatable bonds is 2. The lowest BCUT2D eigenvalue weighted by molar-refractivity contribution is -0.130. The molecule has 0 bridgehead atoms. The zero-order valence-electron chi connectivity index (χ0n) is 9.79. The molecule has 0 spiro atoms. The number of halogens is 1. The molecule has 3 fully saturated rings. The van der Waals surface area contributed by atoms with Crippen LogP contribution in [0.2, 0.25) is 0 Å². The Morgan fingerprint density at radius 1 is 1.25 bits per heavy atom. The van der Waals surface area contributed by atoms with Crippen molar-refractivity contribution in [2.24, 2.45) is 17.3 Å². The second-order valence-corrected chi connectivity index (χ2v) is 5.75. The number of carbonyl (C=O) groups excluding carboxylic acids is 1. The quantitative estimate of drug-likeness (QED) is 0.770. The van der Waals surface area contributed by atoms with E-state index in [4.69, 9.17) is 0 Å². The molecule has 0 aromatic heterocycles. The summed E-state index contributed by atoms with van der Waals surface area (Å²) < 4.78 is 0. The first-order valence-electron chi connectivity index (χ1n) is 6.22. The van der Waals surface area contributed by atoms with Crippen LogP contribution in [0.3, 0.4) is 0 Å². The van der Waals surface area contributed by atoms with Crippen LogP contribution in [0, 0.1) is 17.3 Å². The third kappa shape index (κ3) is 1.84. The molecule has 0 aromatic rings. The molecule has 2 aliphatic carbocycles. The third-order valence-electron chi connectivity index (χ3n) is 4.64. The van der Waals surface area contributed by atoms with E-state index in [0.29, 0.717) is 11.9 Å². The van der Waals surface area contributed by atoms with Crippen LogP contribution in [-0.2, 0) is 4.79 Å². The van der Waals surface area contributed by atoms with Crippen LogP contribution < -0.4 is 10.6 Å². The van der Waals surface area contributed by atoms with E-state index in [2.05, 4.69) is 17.6 Å². The van der Waals surface area contributed by atoms with Gasteiger partial charge in [0.05, 0.1) is 0 Å². The van der Waals surface area contributed by atoms with Gasteiger partial charge in [-0.2, -0.15) is 0 Å². The zero-order chi connectivity index (χ0) is 10.5. The molecule has 3 aliphatic rings. The van der Waals surface area contributed by atoms with Crippen LogP contribution in [0.25, 0.3) is 0 Å². The second kappa shape index (κ2) is 4.19. The third-order valence-corrected chi connectivity index (χ3v) is 4.64. The van der Waals surface area contributed by atoms with Gasteiger partial charge in [0.1, 0.15) is 0 Å². The first-order chi connectivity index (χ1) is 7.21. The van der Waals surface area contributed by atoms with Crippen molar-refractivity contribution in [1.82, 2.24) is 10.6 Å². The summed E-state index contributed by atoms with van der Waals surface area (Å²) in [6.07, 6.45) is 4.62. The molecule has 4 heteroatoms. The highest BCUT2D eigenvalue weighted by atomic mass is 35.5. The Balaban J connectivity index is 0.000000963. The molecule has 3 nitrogen and oxygen atoms in total. The Kier molecular flexibility index (Phi) is 3.19. The average Bonchev–Trinajstić information content (AvgIpc) is 2.66. The topological polar surface area (TPSA) is 41.1 Å². The molecule has 2 N–H and O–H groups in total. The summed E-state index contributed by atoms with van der Waals surface area (Å²) in [5, 5.41) is 6.61. The molecule has 16 heavy (non-hydrogen) atoms. The zero-order valence-corrected chi connectivity index (χ0v) is 10.6. The lowest BCUT2D eigenvalue weighted by Crippen LogP contribution is -2.41. The normalized spacial score (nSPS) is 38.7. The van der Waals surface area contributed by atoms with Crippen LogP contribution in [0.4, 0.5) is 0 Å². The van der Waals surface area contributed by atoms with Crippen LogP contribution in [0.1, 0.15) is 32.6 Å². The predicted octanol–water partition coefficient (Wildman–Crippen LogP) is 1.32. The van der Waals surface area contributed by atoms with Crippen molar-refractivity contribution < 1.29 is 4.79 Å². The van der Waals surface area contributed by atoms with Gasteiger partial charge >= 0.3 is 0 Å². The SMILES string of the molecule is CC1(C(=O)NC2C3CNCC32)CCCC1.Cl. The molecule has 3 rings (SSSR count). The predicted molar refractivity (Wildman–Crippen MR) is 65.6 cm³/mol. The molecular weight excluding hydrogens is 224 g/mol. The maximum Gasteiger partial charge on any atom is 0.226 e. The molecular formula is C12H21ClN2O. The van der Waals surface area contributed by atoms with Gasteiger partial charge in [-0.25, -0.2) is 0 Å². The number of nitrogens with one attached hydrogen (secondary N) is 2. The second-order valence-electron chi connectivity index (χ2n) is 5.75. The smallest absolute Gasteiger partial charge is 0.226 e. The monoisotopic (exact) mass is 244 g/mol. The Hall–Kier alpha value is -0.280. The summed E-state index contributed by atoms with van der Waals surface area (Å²) in [5.74, 6) is 1.79. The van der Waals surface area contributed by atoms with Gasteiger partial charge in [-0.05, 0) is 24.7 Å². The minimum atomic E-state index is -0.0513. The van der Waals surface area contributed by atoms with Gasteiger partial charge in [-0.1, -0.05) is 19.8 Å². The Bertz CT molecular complexity index is 279. The Morgan fingerprint density at radius 2 is 1.81 bits per heavy atom. The molecule has 1 heterocycles. The van der Waals surface area contributed by atoms with Crippen molar-refractivity contribution in [3.8, 4) is 0 Å². The molecule has 2 atom stereocenters.